The minimum atomic E-state index is -0.353. The first kappa shape index (κ1) is 19.1. The van der Waals surface area contributed by atoms with Gasteiger partial charge in [-0.25, -0.2) is 0 Å². The number of hydrogen-bond donors (Lipinski definition) is 0. The summed E-state index contributed by atoms with van der Waals surface area (Å²) in [5, 5.41) is 0. The van der Waals surface area contributed by atoms with Crippen LogP contribution < -0.4 is 0 Å². The molecule has 6 aliphatic rings. The second-order valence-corrected chi connectivity index (χ2v) is 11.3. The van der Waals surface area contributed by atoms with Crippen molar-refractivity contribution >= 4 is 0 Å². The molecule has 0 aromatic carbocycles. The fourth-order valence-corrected chi connectivity index (χ4v) is 9.79. The molecule has 3 nitrogen and oxygen atoms in total. The maximum Gasteiger partial charge on any atom is 0.171 e. The summed E-state index contributed by atoms with van der Waals surface area (Å²) in [5.41, 5.74) is 6.24. The number of allylic oxidation sites excluding steroid dienone is 3. The van der Waals surface area contributed by atoms with Gasteiger partial charge < -0.3 is 14.2 Å². The predicted molar refractivity (Wildman–Crippen MR) is 113 cm³/mol. The van der Waals surface area contributed by atoms with E-state index in [1.54, 1.807) is 5.57 Å². The highest BCUT2D eigenvalue weighted by Gasteiger charge is 2.78. The van der Waals surface area contributed by atoms with Gasteiger partial charge in [0.1, 0.15) is 0 Å². The minimum Gasteiger partial charge on any atom is -0.380 e. The summed E-state index contributed by atoms with van der Waals surface area (Å²) in [4.78, 5) is 0. The summed E-state index contributed by atoms with van der Waals surface area (Å²) in [6.45, 7) is 7.30. The van der Waals surface area contributed by atoms with Gasteiger partial charge in [0.25, 0.3) is 0 Å². The lowest BCUT2D eigenvalue weighted by atomic mass is 9.46. The molecule has 0 spiro atoms. The molecule has 29 heavy (non-hydrogen) atoms. The Hall–Kier alpha value is -0.640. The molecule has 0 aromatic rings. The molecule has 0 aromatic heterocycles. The molecular weight excluding hydrogens is 360 g/mol. The molecule has 0 amide bonds. The van der Waals surface area contributed by atoms with E-state index in [1.165, 1.54) is 69.8 Å². The van der Waals surface area contributed by atoms with Crippen molar-refractivity contribution in [1.29, 1.82) is 0 Å². The second-order valence-electron chi connectivity index (χ2n) is 11.3. The van der Waals surface area contributed by atoms with Gasteiger partial charge in [0.15, 0.2) is 5.79 Å². The van der Waals surface area contributed by atoms with Crippen LogP contribution in [-0.4, -0.2) is 32.7 Å². The van der Waals surface area contributed by atoms with Crippen molar-refractivity contribution in [3.63, 3.8) is 0 Å². The van der Waals surface area contributed by atoms with Crippen molar-refractivity contribution in [3.8, 4) is 0 Å². The van der Waals surface area contributed by atoms with Crippen LogP contribution in [0, 0.1) is 28.1 Å². The van der Waals surface area contributed by atoms with E-state index >= 15 is 0 Å². The molecule has 4 fully saturated rings. The van der Waals surface area contributed by atoms with E-state index in [-0.39, 0.29) is 11.2 Å². The highest BCUT2D eigenvalue weighted by molar-refractivity contribution is 5.36. The maximum atomic E-state index is 6.36. The zero-order valence-corrected chi connectivity index (χ0v) is 18.6. The Balaban J connectivity index is 1.34. The van der Waals surface area contributed by atoms with Crippen LogP contribution in [0.15, 0.2) is 22.8 Å². The largest absolute Gasteiger partial charge is 0.380 e. The predicted octanol–water partition coefficient (Wildman–Crippen LogP) is 5.80. The molecule has 1 aliphatic heterocycles. The molecular formula is C26H38O3. The Morgan fingerprint density at radius 3 is 2.52 bits per heavy atom. The Labute approximate surface area is 176 Å². The number of methoxy groups -OCH3 is 1. The average molecular weight is 399 g/mol. The molecule has 3 atom stereocenters. The van der Waals surface area contributed by atoms with E-state index in [1.807, 2.05) is 12.7 Å². The fourth-order valence-electron chi connectivity index (χ4n) is 9.79. The quantitative estimate of drug-likeness (QED) is 0.562. The Morgan fingerprint density at radius 1 is 1.03 bits per heavy atom. The first-order chi connectivity index (χ1) is 14.0. The van der Waals surface area contributed by atoms with E-state index in [0.717, 1.165) is 31.7 Å². The molecule has 1 heterocycles. The molecule has 0 radical (unpaired) electrons. The molecule has 5 aliphatic carbocycles. The minimum absolute atomic E-state index is 0.230. The van der Waals surface area contributed by atoms with Crippen LogP contribution in [0.1, 0.15) is 78.1 Å². The van der Waals surface area contributed by atoms with Gasteiger partial charge in [0, 0.05) is 12.5 Å². The normalized spacial score (nSPS) is 47.6. The number of hydrogen-bond acceptors (Lipinski definition) is 3. The van der Waals surface area contributed by atoms with E-state index in [4.69, 9.17) is 14.2 Å². The van der Waals surface area contributed by atoms with Gasteiger partial charge in [-0.05, 0) is 99.4 Å². The third-order valence-electron chi connectivity index (χ3n) is 11.0. The zero-order chi connectivity index (χ0) is 19.9. The van der Waals surface area contributed by atoms with Gasteiger partial charge in [0.2, 0.25) is 0 Å². The van der Waals surface area contributed by atoms with Crippen molar-refractivity contribution < 1.29 is 14.2 Å². The van der Waals surface area contributed by atoms with Crippen molar-refractivity contribution in [1.82, 2.24) is 0 Å². The standard InChI is InChI=1S/C26H38O3/c1-23-9-8-21-20-6-4-18(17-27-3)16-19(20)5-7-22(21)25(23)10-12-26(23,13-11-25)24(2)28-14-15-29-24/h4,21-22H,5-17H2,1-3H3/t21-,22-,23+,25?,26?/m1/s1. The van der Waals surface area contributed by atoms with Gasteiger partial charge in [-0.15, -0.1) is 0 Å². The smallest absolute Gasteiger partial charge is 0.171 e. The van der Waals surface area contributed by atoms with Crippen LogP contribution in [-0.2, 0) is 14.2 Å². The van der Waals surface area contributed by atoms with Crippen LogP contribution in [0.4, 0.5) is 0 Å². The van der Waals surface area contributed by atoms with Crippen molar-refractivity contribution in [2.45, 2.75) is 83.8 Å². The highest BCUT2D eigenvalue weighted by atomic mass is 16.7. The number of ether oxygens (including phenoxy) is 3. The topological polar surface area (TPSA) is 27.7 Å². The van der Waals surface area contributed by atoms with Crippen molar-refractivity contribution in [2.75, 3.05) is 26.9 Å². The third-order valence-corrected chi connectivity index (χ3v) is 11.0. The van der Waals surface area contributed by atoms with Crippen molar-refractivity contribution in [2.24, 2.45) is 28.1 Å². The van der Waals surface area contributed by atoms with Crippen LogP contribution in [0.25, 0.3) is 0 Å². The highest BCUT2D eigenvalue weighted by Crippen LogP contribution is 2.83. The van der Waals surface area contributed by atoms with E-state index < -0.39 is 0 Å². The maximum absolute atomic E-state index is 6.36. The first-order valence-electron chi connectivity index (χ1n) is 12.1. The molecule has 0 unspecified atom stereocenters. The van der Waals surface area contributed by atoms with Gasteiger partial charge in [-0.2, -0.15) is 0 Å². The molecule has 2 bridgehead atoms. The third kappa shape index (κ3) is 2.16. The summed E-state index contributed by atoms with van der Waals surface area (Å²) < 4.78 is 18.2. The van der Waals surface area contributed by atoms with Gasteiger partial charge in [0.05, 0.1) is 19.8 Å². The van der Waals surface area contributed by atoms with E-state index in [2.05, 4.69) is 19.9 Å². The summed E-state index contributed by atoms with van der Waals surface area (Å²) in [6, 6.07) is 0. The summed E-state index contributed by atoms with van der Waals surface area (Å²) >= 11 is 0. The van der Waals surface area contributed by atoms with Crippen LogP contribution >= 0.6 is 0 Å². The van der Waals surface area contributed by atoms with E-state index in [9.17, 15) is 0 Å². The summed E-state index contributed by atoms with van der Waals surface area (Å²) in [6.07, 6.45) is 15.8. The van der Waals surface area contributed by atoms with E-state index in [0.29, 0.717) is 10.8 Å². The van der Waals surface area contributed by atoms with Gasteiger partial charge >= 0.3 is 0 Å². The Morgan fingerprint density at radius 2 is 1.79 bits per heavy atom. The summed E-state index contributed by atoms with van der Waals surface area (Å²) in [5.74, 6) is 1.36. The first-order valence-corrected chi connectivity index (χ1v) is 12.1. The lowest BCUT2D eigenvalue weighted by Gasteiger charge is -2.59. The van der Waals surface area contributed by atoms with Crippen LogP contribution in [0.5, 0.6) is 0 Å². The molecule has 160 valence electrons. The number of fused-ring (bicyclic) bond motifs is 2. The monoisotopic (exact) mass is 398 g/mol. The number of rotatable bonds is 3. The van der Waals surface area contributed by atoms with Gasteiger partial charge in [-0.1, -0.05) is 24.1 Å². The SMILES string of the molecule is COCC1=CCC2=C(CC[C@@H]3[C@@H]2CC[C@@]2(C)C34CCC2(C2(C)OCCO2)CC4)C1. The van der Waals surface area contributed by atoms with Gasteiger partial charge in [-0.3, -0.25) is 0 Å². The molecule has 3 heteroatoms. The van der Waals surface area contributed by atoms with Crippen LogP contribution in [0.2, 0.25) is 0 Å². The Kier molecular flexibility index (Phi) is 4.08. The zero-order valence-electron chi connectivity index (χ0n) is 18.6. The second kappa shape index (κ2) is 6.20. The Bertz CT molecular complexity index is 763. The summed E-state index contributed by atoms with van der Waals surface area (Å²) in [7, 11) is 1.83. The van der Waals surface area contributed by atoms with Crippen molar-refractivity contribution in [3.05, 3.63) is 22.8 Å². The van der Waals surface area contributed by atoms with Crippen LogP contribution in [0.3, 0.4) is 0 Å². The molecule has 3 saturated carbocycles. The molecule has 1 saturated heterocycles. The lowest BCUT2D eigenvalue weighted by Crippen LogP contribution is -2.57. The molecule has 0 N–H and O–H groups in total. The average Bonchev–Trinajstić information content (AvgIpc) is 3.37. The fraction of sp³-hybridized carbons (Fsp3) is 0.846. The lowest BCUT2D eigenvalue weighted by molar-refractivity contribution is -0.258. The molecule has 6 rings (SSSR count).